The third-order valence-corrected chi connectivity index (χ3v) is 4.12. The number of rotatable bonds is 4. The summed E-state index contributed by atoms with van der Waals surface area (Å²) in [5.41, 5.74) is 1.75. The van der Waals surface area contributed by atoms with E-state index in [1.54, 1.807) is 11.0 Å². The molecule has 7 nitrogen and oxygen atoms in total. The normalized spacial score (nSPS) is 16.3. The lowest BCUT2D eigenvalue weighted by molar-refractivity contribution is 0.0873. The molecule has 1 N–H and O–H groups in total. The minimum absolute atomic E-state index is 0.0275. The molecule has 1 aromatic carbocycles. The molecule has 1 aliphatic rings. The van der Waals surface area contributed by atoms with Gasteiger partial charge in [-0.3, -0.25) is 4.68 Å². The summed E-state index contributed by atoms with van der Waals surface area (Å²) in [6.07, 6.45) is 2.40. The first-order chi connectivity index (χ1) is 11.7. The van der Waals surface area contributed by atoms with Gasteiger partial charge in [-0.25, -0.2) is 9.97 Å². The number of aromatic nitrogens is 4. The summed E-state index contributed by atoms with van der Waals surface area (Å²) in [6.45, 7) is 3.26. The molecule has 0 spiro atoms. The van der Waals surface area contributed by atoms with Gasteiger partial charge < -0.3 is 14.8 Å². The average molecular weight is 325 g/mol. The van der Waals surface area contributed by atoms with Crippen molar-refractivity contribution in [2.24, 2.45) is 7.05 Å². The van der Waals surface area contributed by atoms with Crippen LogP contribution in [0.5, 0.6) is 11.5 Å². The van der Waals surface area contributed by atoms with Crippen LogP contribution < -0.4 is 14.8 Å². The van der Waals surface area contributed by atoms with Gasteiger partial charge in [0.1, 0.15) is 24.9 Å². The van der Waals surface area contributed by atoms with Gasteiger partial charge in [0.15, 0.2) is 17.1 Å². The summed E-state index contributed by atoms with van der Waals surface area (Å²) in [5.74, 6) is 2.43. The van der Waals surface area contributed by atoms with Gasteiger partial charge >= 0.3 is 0 Å². The summed E-state index contributed by atoms with van der Waals surface area (Å²) in [5, 5.41) is 8.74. The van der Waals surface area contributed by atoms with Crippen molar-refractivity contribution in [2.45, 2.75) is 19.4 Å². The largest absolute Gasteiger partial charge is 0.486 e. The van der Waals surface area contributed by atoms with E-state index in [1.165, 1.54) is 0 Å². The second-order valence-corrected chi connectivity index (χ2v) is 5.84. The van der Waals surface area contributed by atoms with Crippen molar-refractivity contribution < 1.29 is 9.47 Å². The minimum atomic E-state index is 0.0275. The number of hydrogen-bond acceptors (Lipinski definition) is 6. The summed E-state index contributed by atoms with van der Waals surface area (Å²) < 4.78 is 13.5. The van der Waals surface area contributed by atoms with Gasteiger partial charge in [0.2, 0.25) is 0 Å². The molecule has 124 valence electrons. The number of anilines is 1. The number of fused-ring (bicyclic) bond motifs is 2. The number of nitrogens with zero attached hydrogens (tertiary/aromatic N) is 4. The van der Waals surface area contributed by atoms with E-state index in [9.17, 15) is 0 Å². The van der Waals surface area contributed by atoms with Gasteiger partial charge in [-0.15, -0.1) is 0 Å². The fourth-order valence-electron chi connectivity index (χ4n) is 2.97. The molecule has 2 aromatic heterocycles. The zero-order chi connectivity index (χ0) is 16.5. The Kier molecular flexibility index (Phi) is 3.68. The molecule has 7 heteroatoms. The van der Waals surface area contributed by atoms with E-state index in [4.69, 9.17) is 9.47 Å². The molecule has 1 atom stereocenters. The summed E-state index contributed by atoms with van der Waals surface area (Å²) in [7, 11) is 1.89. The molecule has 1 aliphatic heterocycles. The molecule has 0 amide bonds. The van der Waals surface area contributed by atoms with Crippen LogP contribution in [0.25, 0.3) is 11.0 Å². The first-order valence-corrected chi connectivity index (χ1v) is 7.99. The van der Waals surface area contributed by atoms with Gasteiger partial charge in [-0.05, 0) is 19.1 Å². The highest BCUT2D eigenvalue weighted by atomic mass is 16.6. The Balaban J connectivity index is 1.42. The number of benzene rings is 1. The smallest absolute Gasteiger partial charge is 0.163 e. The van der Waals surface area contributed by atoms with Crippen molar-refractivity contribution in [1.82, 2.24) is 19.7 Å². The molecule has 0 saturated carbocycles. The predicted octanol–water partition coefficient (Wildman–Crippen LogP) is 2.31. The van der Waals surface area contributed by atoms with E-state index in [-0.39, 0.29) is 6.10 Å². The summed E-state index contributed by atoms with van der Waals surface area (Å²) >= 11 is 0. The number of aryl methyl sites for hydroxylation is 2. The number of para-hydroxylation sites is 2. The molecule has 3 aromatic rings. The fraction of sp³-hybridized carbons (Fsp3) is 0.353. The lowest BCUT2D eigenvalue weighted by atomic mass is 10.2. The maximum absolute atomic E-state index is 5.97. The Morgan fingerprint density at radius 1 is 1.25 bits per heavy atom. The van der Waals surface area contributed by atoms with Gasteiger partial charge in [-0.1, -0.05) is 12.1 Å². The van der Waals surface area contributed by atoms with Crippen LogP contribution in [0.1, 0.15) is 12.1 Å². The Hall–Kier alpha value is -2.83. The van der Waals surface area contributed by atoms with E-state index < -0.39 is 0 Å². The second kappa shape index (κ2) is 5.99. The minimum Gasteiger partial charge on any atom is -0.486 e. The van der Waals surface area contributed by atoms with Crippen LogP contribution in [0.3, 0.4) is 0 Å². The Morgan fingerprint density at radius 2 is 2.08 bits per heavy atom. The Morgan fingerprint density at radius 3 is 2.96 bits per heavy atom. The summed E-state index contributed by atoms with van der Waals surface area (Å²) in [6, 6.07) is 7.75. The van der Waals surface area contributed by atoms with Crippen LogP contribution in [0.15, 0.2) is 30.6 Å². The topological polar surface area (TPSA) is 74.1 Å². The van der Waals surface area contributed by atoms with Gasteiger partial charge in [0.05, 0.1) is 11.1 Å². The van der Waals surface area contributed by atoms with E-state index >= 15 is 0 Å². The fourth-order valence-corrected chi connectivity index (χ4v) is 2.97. The highest BCUT2D eigenvalue weighted by Gasteiger charge is 2.20. The monoisotopic (exact) mass is 325 g/mol. The first kappa shape index (κ1) is 14.7. The maximum atomic E-state index is 5.97. The Labute approximate surface area is 139 Å². The molecule has 1 unspecified atom stereocenters. The third kappa shape index (κ3) is 2.62. The molecular formula is C17H19N5O2. The molecule has 24 heavy (non-hydrogen) atoms. The predicted molar refractivity (Wildman–Crippen MR) is 90.5 cm³/mol. The van der Waals surface area contributed by atoms with E-state index in [0.29, 0.717) is 6.61 Å². The van der Waals surface area contributed by atoms with Gasteiger partial charge in [-0.2, -0.15) is 5.10 Å². The van der Waals surface area contributed by atoms with Crippen LogP contribution in [0, 0.1) is 6.92 Å². The molecular weight excluding hydrogens is 306 g/mol. The van der Waals surface area contributed by atoms with Crippen LogP contribution in [0.2, 0.25) is 0 Å². The quantitative estimate of drug-likeness (QED) is 0.793. The highest BCUT2D eigenvalue weighted by molar-refractivity contribution is 5.88. The van der Waals surface area contributed by atoms with Crippen LogP contribution in [-0.2, 0) is 7.05 Å². The Bertz CT molecular complexity index is 877. The van der Waals surface area contributed by atoms with Gasteiger partial charge in [0.25, 0.3) is 0 Å². The zero-order valence-corrected chi connectivity index (χ0v) is 13.7. The van der Waals surface area contributed by atoms with Crippen molar-refractivity contribution in [3.63, 3.8) is 0 Å². The van der Waals surface area contributed by atoms with Crippen molar-refractivity contribution >= 4 is 16.9 Å². The molecule has 0 bridgehead atoms. The SMILES string of the molecule is Cc1nn(C)c2ncnc(NCCC3COc4ccccc4O3)c12. The van der Waals surface area contributed by atoms with E-state index in [2.05, 4.69) is 20.4 Å². The van der Waals surface area contributed by atoms with Crippen LogP contribution in [0.4, 0.5) is 5.82 Å². The molecule has 3 heterocycles. The molecule has 0 saturated heterocycles. The van der Waals surface area contributed by atoms with E-state index in [1.807, 2.05) is 38.2 Å². The highest BCUT2D eigenvalue weighted by Crippen LogP contribution is 2.31. The average Bonchev–Trinajstić information content (AvgIpc) is 2.90. The maximum Gasteiger partial charge on any atom is 0.163 e. The summed E-state index contributed by atoms with van der Waals surface area (Å²) in [4.78, 5) is 8.64. The number of ether oxygens (including phenoxy) is 2. The van der Waals surface area contributed by atoms with Crippen molar-refractivity contribution in [3.05, 3.63) is 36.3 Å². The molecule has 4 rings (SSSR count). The lowest BCUT2D eigenvalue weighted by Crippen LogP contribution is -2.31. The third-order valence-electron chi connectivity index (χ3n) is 4.12. The molecule has 0 radical (unpaired) electrons. The first-order valence-electron chi connectivity index (χ1n) is 7.99. The van der Waals surface area contributed by atoms with Gasteiger partial charge in [0, 0.05) is 20.0 Å². The second-order valence-electron chi connectivity index (χ2n) is 5.84. The van der Waals surface area contributed by atoms with Crippen LogP contribution >= 0.6 is 0 Å². The van der Waals surface area contributed by atoms with Crippen molar-refractivity contribution in [2.75, 3.05) is 18.5 Å². The van der Waals surface area contributed by atoms with Crippen molar-refractivity contribution in [3.8, 4) is 11.5 Å². The number of nitrogens with one attached hydrogen (secondary N) is 1. The molecule has 0 aliphatic carbocycles. The number of hydrogen-bond donors (Lipinski definition) is 1. The lowest BCUT2D eigenvalue weighted by Gasteiger charge is -2.26. The van der Waals surface area contributed by atoms with Crippen LogP contribution in [-0.4, -0.2) is 39.0 Å². The van der Waals surface area contributed by atoms with Crippen molar-refractivity contribution in [1.29, 1.82) is 0 Å². The van der Waals surface area contributed by atoms with E-state index in [0.717, 1.165) is 47.0 Å². The zero-order valence-electron chi connectivity index (χ0n) is 13.7. The standard InChI is InChI=1S/C17H19N5O2/c1-11-15-16(19-10-20-17(15)22(2)21-11)18-8-7-12-9-23-13-5-3-4-6-14(13)24-12/h3-6,10,12H,7-9H2,1-2H3,(H,18,19,20). The molecule has 0 fully saturated rings.